The second kappa shape index (κ2) is 5.46. The van der Waals surface area contributed by atoms with Crippen LogP contribution in [-0.4, -0.2) is 42.3 Å². The molecule has 1 aromatic rings. The molecule has 0 fully saturated rings. The number of hydrogen-bond acceptors (Lipinski definition) is 3. The second-order valence-electron chi connectivity index (χ2n) is 3.19. The average molecular weight is 242 g/mol. The molecule has 0 aliphatic rings. The molecule has 1 rings (SSSR count). The molecule has 16 heavy (non-hydrogen) atoms. The van der Waals surface area contributed by atoms with Gasteiger partial charge < -0.3 is 10.2 Å². The first kappa shape index (κ1) is 12.4. The third-order valence-electron chi connectivity index (χ3n) is 1.95. The lowest BCUT2D eigenvalue weighted by molar-refractivity contribution is -0.121. The van der Waals surface area contributed by atoms with Crippen molar-refractivity contribution < 1.29 is 9.59 Å². The van der Waals surface area contributed by atoms with Crippen LogP contribution in [0, 0.1) is 0 Å². The Labute approximate surface area is 98.4 Å². The SMILES string of the molecule is CNC(=O)CN(C)C(=O)c1cc(Cl)ccn1. The minimum Gasteiger partial charge on any atom is -0.358 e. The van der Waals surface area contributed by atoms with Gasteiger partial charge in [-0.05, 0) is 12.1 Å². The zero-order chi connectivity index (χ0) is 12.1. The summed E-state index contributed by atoms with van der Waals surface area (Å²) in [4.78, 5) is 28.0. The normalized spacial score (nSPS) is 9.69. The lowest BCUT2D eigenvalue weighted by Crippen LogP contribution is -2.37. The Morgan fingerprint density at radius 1 is 1.56 bits per heavy atom. The van der Waals surface area contributed by atoms with Gasteiger partial charge in [-0.2, -0.15) is 0 Å². The number of rotatable bonds is 3. The highest BCUT2D eigenvalue weighted by Crippen LogP contribution is 2.09. The van der Waals surface area contributed by atoms with Gasteiger partial charge in [0.15, 0.2) is 0 Å². The molecule has 0 bridgehead atoms. The molecule has 2 amide bonds. The minimum absolute atomic E-state index is 0.0104. The molecule has 0 aliphatic carbocycles. The number of nitrogens with zero attached hydrogens (tertiary/aromatic N) is 2. The standard InChI is InChI=1S/C10H12ClN3O2/c1-12-9(15)6-14(2)10(16)8-5-7(11)3-4-13-8/h3-5H,6H2,1-2H3,(H,12,15). The first-order chi connectivity index (χ1) is 7.54. The fourth-order valence-electron chi connectivity index (χ4n) is 1.08. The molecule has 0 radical (unpaired) electrons. The van der Waals surface area contributed by atoms with Crippen molar-refractivity contribution in [3.63, 3.8) is 0 Å². The van der Waals surface area contributed by atoms with Gasteiger partial charge in [0.05, 0.1) is 6.54 Å². The fourth-order valence-corrected chi connectivity index (χ4v) is 1.24. The zero-order valence-electron chi connectivity index (χ0n) is 9.03. The number of halogens is 1. The highest BCUT2D eigenvalue weighted by atomic mass is 35.5. The Hall–Kier alpha value is -1.62. The van der Waals surface area contributed by atoms with Crippen molar-refractivity contribution in [1.82, 2.24) is 15.2 Å². The first-order valence-corrected chi connectivity index (χ1v) is 5.00. The third kappa shape index (κ3) is 3.20. The maximum Gasteiger partial charge on any atom is 0.272 e. The quantitative estimate of drug-likeness (QED) is 0.841. The van der Waals surface area contributed by atoms with E-state index in [0.717, 1.165) is 0 Å². The molecule has 6 heteroatoms. The van der Waals surface area contributed by atoms with Crippen molar-refractivity contribution >= 4 is 23.4 Å². The van der Waals surface area contributed by atoms with E-state index in [9.17, 15) is 9.59 Å². The highest BCUT2D eigenvalue weighted by molar-refractivity contribution is 6.30. The molecule has 86 valence electrons. The molecule has 0 unspecified atom stereocenters. The Morgan fingerprint density at radius 3 is 2.81 bits per heavy atom. The first-order valence-electron chi connectivity index (χ1n) is 4.62. The third-order valence-corrected chi connectivity index (χ3v) is 2.18. The average Bonchev–Trinajstić information content (AvgIpc) is 2.27. The fraction of sp³-hybridized carbons (Fsp3) is 0.300. The van der Waals surface area contributed by atoms with Gasteiger partial charge in [-0.1, -0.05) is 11.6 Å². The van der Waals surface area contributed by atoms with Crippen molar-refractivity contribution in [3.05, 3.63) is 29.0 Å². The van der Waals surface area contributed by atoms with E-state index in [1.807, 2.05) is 0 Å². The van der Waals surface area contributed by atoms with Crippen LogP contribution < -0.4 is 5.32 Å². The maximum absolute atomic E-state index is 11.8. The van der Waals surface area contributed by atoms with E-state index in [4.69, 9.17) is 11.6 Å². The summed E-state index contributed by atoms with van der Waals surface area (Å²) in [5.74, 6) is -0.580. The molecule has 5 nitrogen and oxygen atoms in total. The molecule has 0 saturated heterocycles. The zero-order valence-corrected chi connectivity index (χ0v) is 9.78. The smallest absolute Gasteiger partial charge is 0.272 e. The topological polar surface area (TPSA) is 62.3 Å². The number of pyridine rings is 1. The molecule has 1 heterocycles. The summed E-state index contributed by atoms with van der Waals surface area (Å²) < 4.78 is 0. The summed E-state index contributed by atoms with van der Waals surface area (Å²) in [5, 5.41) is 2.87. The highest BCUT2D eigenvalue weighted by Gasteiger charge is 2.15. The largest absolute Gasteiger partial charge is 0.358 e. The van der Waals surface area contributed by atoms with E-state index in [1.165, 1.54) is 31.3 Å². The van der Waals surface area contributed by atoms with Gasteiger partial charge in [0.2, 0.25) is 5.91 Å². The summed E-state index contributed by atoms with van der Waals surface area (Å²) in [5.41, 5.74) is 0.221. The number of carbonyl (C=O) groups is 2. The Kier molecular flexibility index (Phi) is 4.25. The van der Waals surface area contributed by atoms with E-state index in [0.29, 0.717) is 5.02 Å². The van der Waals surface area contributed by atoms with Crippen molar-refractivity contribution in [2.45, 2.75) is 0 Å². The number of aromatic nitrogens is 1. The van der Waals surface area contributed by atoms with Crippen molar-refractivity contribution in [1.29, 1.82) is 0 Å². The minimum atomic E-state index is -0.342. The summed E-state index contributed by atoms with van der Waals surface area (Å²) in [6.45, 7) is -0.0104. The molecular formula is C10H12ClN3O2. The van der Waals surface area contributed by atoms with E-state index in [1.54, 1.807) is 6.07 Å². The van der Waals surface area contributed by atoms with Crippen molar-refractivity contribution in [3.8, 4) is 0 Å². The molecule has 0 spiro atoms. The van der Waals surface area contributed by atoms with Gasteiger partial charge >= 0.3 is 0 Å². The van der Waals surface area contributed by atoms with E-state index < -0.39 is 0 Å². The van der Waals surface area contributed by atoms with Gasteiger partial charge in [0.1, 0.15) is 5.69 Å². The summed E-state index contributed by atoms with van der Waals surface area (Å²) in [6.07, 6.45) is 1.45. The molecular weight excluding hydrogens is 230 g/mol. The van der Waals surface area contributed by atoms with Crippen LogP contribution in [0.4, 0.5) is 0 Å². The maximum atomic E-state index is 11.8. The van der Waals surface area contributed by atoms with Crippen LogP contribution in [0.5, 0.6) is 0 Å². The van der Waals surface area contributed by atoms with E-state index >= 15 is 0 Å². The predicted octanol–water partition coefficient (Wildman–Crippen LogP) is 0.553. The van der Waals surface area contributed by atoms with Gasteiger partial charge in [0, 0.05) is 25.3 Å². The van der Waals surface area contributed by atoms with E-state index in [2.05, 4.69) is 10.3 Å². The Balaban J connectivity index is 2.74. The van der Waals surface area contributed by atoms with Crippen LogP contribution in [0.1, 0.15) is 10.5 Å². The Bertz CT molecular complexity index is 409. The number of hydrogen-bond donors (Lipinski definition) is 1. The van der Waals surface area contributed by atoms with Crippen LogP contribution in [0.2, 0.25) is 5.02 Å². The van der Waals surface area contributed by atoms with Gasteiger partial charge in [-0.3, -0.25) is 14.6 Å². The number of nitrogens with one attached hydrogen (secondary N) is 1. The number of carbonyl (C=O) groups excluding carboxylic acids is 2. The summed E-state index contributed by atoms with van der Waals surface area (Å²) in [6, 6.07) is 3.04. The number of likely N-dealkylation sites (N-methyl/N-ethyl adjacent to an activating group) is 2. The van der Waals surface area contributed by atoms with Gasteiger partial charge in [-0.25, -0.2) is 0 Å². The van der Waals surface area contributed by atoms with Crippen LogP contribution >= 0.6 is 11.6 Å². The summed E-state index contributed by atoms with van der Waals surface area (Å²) in [7, 11) is 3.04. The van der Waals surface area contributed by atoms with Crippen LogP contribution in [-0.2, 0) is 4.79 Å². The van der Waals surface area contributed by atoms with Crippen molar-refractivity contribution in [2.24, 2.45) is 0 Å². The molecule has 1 aromatic heterocycles. The van der Waals surface area contributed by atoms with Crippen molar-refractivity contribution in [2.75, 3.05) is 20.6 Å². The van der Waals surface area contributed by atoms with E-state index in [-0.39, 0.29) is 24.1 Å². The summed E-state index contributed by atoms with van der Waals surface area (Å²) >= 11 is 5.74. The lowest BCUT2D eigenvalue weighted by Gasteiger charge is -2.15. The van der Waals surface area contributed by atoms with Gasteiger partial charge in [0.25, 0.3) is 5.91 Å². The lowest BCUT2D eigenvalue weighted by atomic mass is 10.3. The molecule has 0 atom stereocenters. The van der Waals surface area contributed by atoms with Gasteiger partial charge in [-0.15, -0.1) is 0 Å². The molecule has 0 saturated carbocycles. The van der Waals surface area contributed by atoms with Crippen LogP contribution in [0.3, 0.4) is 0 Å². The predicted molar refractivity (Wildman–Crippen MR) is 60.3 cm³/mol. The number of amides is 2. The molecule has 0 aliphatic heterocycles. The molecule has 0 aromatic carbocycles. The monoisotopic (exact) mass is 241 g/mol. The van der Waals surface area contributed by atoms with Crippen LogP contribution in [0.25, 0.3) is 0 Å². The molecule has 1 N–H and O–H groups in total. The second-order valence-corrected chi connectivity index (χ2v) is 3.63. The van der Waals surface area contributed by atoms with Crippen LogP contribution in [0.15, 0.2) is 18.3 Å². The Morgan fingerprint density at radius 2 is 2.25 bits per heavy atom.